The Balaban J connectivity index is 1.63. The monoisotopic (exact) mass is 405 g/mol. The van der Waals surface area contributed by atoms with Crippen LogP contribution in [0.15, 0.2) is 54.7 Å². The second kappa shape index (κ2) is 7.56. The number of imidazole rings is 1. The molecule has 142 valence electrons. The SMILES string of the molecule is [B]c1ccc(NC(=O)c2cnc3c(c2)nc(Nc2c(F)cccc2Cl)n3C)cc1. The molecule has 0 unspecified atom stereocenters. The number of nitrogens with one attached hydrogen (secondary N) is 2. The van der Waals surface area contributed by atoms with Crippen LogP contribution in [-0.4, -0.2) is 28.3 Å². The van der Waals surface area contributed by atoms with Crippen LogP contribution >= 0.6 is 11.6 Å². The Bertz CT molecular complexity index is 1210. The number of amides is 1. The summed E-state index contributed by atoms with van der Waals surface area (Å²) >= 11 is 6.07. The number of hydrogen-bond acceptors (Lipinski definition) is 4. The summed E-state index contributed by atoms with van der Waals surface area (Å²) in [6, 6.07) is 12.8. The molecule has 2 radical (unpaired) electrons. The third-order valence-corrected chi connectivity index (χ3v) is 4.65. The van der Waals surface area contributed by atoms with E-state index in [1.807, 2.05) is 0 Å². The Kier molecular flexibility index (Phi) is 4.94. The molecule has 9 heteroatoms. The summed E-state index contributed by atoms with van der Waals surface area (Å²) in [6.45, 7) is 0. The van der Waals surface area contributed by atoms with Crippen molar-refractivity contribution in [2.75, 3.05) is 10.6 Å². The van der Waals surface area contributed by atoms with Gasteiger partial charge >= 0.3 is 0 Å². The summed E-state index contributed by atoms with van der Waals surface area (Å²) in [4.78, 5) is 21.3. The van der Waals surface area contributed by atoms with Gasteiger partial charge in [-0.1, -0.05) is 35.3 Å². The lowest BCUT2D eigenvalue weighted by Crippen LogP contribution is -2.13. The topological polar surface area (TPSA) is 71.8 Å². The van der Waals surface area contributed by atoms with Gasteiger partial charge in [0, 0.05) is 18.9 Å². The molecule has 0 aliphatic rings. The number of benzene rings is 2. The largest absolute Gasteiger partial charge is 0.322 e. The molecule has 1 amide bonds. The van der Waals surface area contributed by atoms with Gasteiger partial charge in [0.1, 0.15) is 19.2 Å². The highest BCUT2D eigenvalue weighted by Gasteiger charge is 2.15. The Morgan fingerprint density at radius 1 is 1.21 bits per heavy atom. The second-order valence-electron chi connectivity index (χ2n) is 6.36. The molecule has 0 saturated carbocycles. The molecule has 0 aliphatic carbocycles. The molecule has 0 fully saturated rings. The molecular formula is C20H14BClFN5O. The number of halogens is 2. The van der Waals surface area contributed by atoms with E-state index >= 15 is 0 Å². The first-order chi connectivity index (χ1) is 13.9. The molecule has 0 aliphatic heterocycles. The zero-order chi connectivity index (χ0) is 20.5. The molecular weight excluding hydrogens is 392 g/mol. The third kappa shape index (κ3) is 3.79. The number of aromatic nitrogens is 3. The summed E-state index contributed by atoms with van der Waals surface area (Å²) in [5, 5.41) is 5.89. The Morgan fingerprint density at radius 3 is 2.69 bits per heavy atom. The van der Waals surface area contributed by atoms with Crippen molar-refractivity contribution in [2.24, 2.45) is 7.05 Å². The fourth-order valence-corrected chi connectivity index (χ4v) is 3.02. The summed E-state index contributed by atoms with van der Waals surface area (Å²) in [5.74, 6) is -0.488. The van der Waals surface area contributed by atoms with Crippen LogP contribution in [0.25, 0.3) is 11.2 Å². The maximum absolute atomic E-state index is 14.1. The molecule has 29 heavy (non-hydrogen) atoms. The summed E-state index contributed by atoms with van der Waals surface area (Å²) in [6.07, 6.45) is 1.45. The van der Waals surface area contributed by atoms with E-state index in [4.69, 9.17) is 19.4 Å². The highest BCUT2D eigenvalue weighted by molar-refractivity contribution is 6.33. The number of para-hydroxylation sites is 1. The average molecular weight is 406 g/mol. The molecule has 6 nitrogen and oxygen atoms in total. The van der Waals surface area contributed by atoms with Gasteiger partial charge in [0.05, 0.1) is 16.3 Å². The van der Waals surface area contributed by atoms with E-state index in [0.29, 0.717) is 33.8 Å². The highest BCUT2D eigenvalue weighted by Crippen LogP contribution is 2.29. The summed E-state index contributed by atoms with van der Waals surface area (Å²) < 4.78 is 15.7. The minimum absolute atomic E-state index is 0.119. The first-order valence-corrected chi connectivity index (χ1v) is 9.00. The lowest BCUT2D eigenvalue weighted by Gasteiger charge is -2.08. The predicted molar refractivity (Wildman–Crippen MR) is 113 cm³/mol. The summed E-state index contributed by atoms with van der Waals surface area (Å²) in [5.41, 5.74) is 2.68. The zero-order valence-corrected chi connectivity index (χ0v) is 16.0. The normalized spacial score (nSPS) is 10.9. The lowest BCUT2D eigenvalue weighted by atomic mass is 9.96. The molecule has 0 saturated heterocycles. The zero-order valence-electron chi connectivity index (χ0n) is 15.3. The van der Waals surface area contributed by atoms with Gasteiger partial charge < -0.3 is 10.6 Å². The van der Waals surface area contributed by atoms with Crippen molar-refractivity contribution < 1.29 is 9.18 Å². The van der Waals surface area contributed by atoms with Gasteiger partial charge in [-0.3, -0.25) is 9.36 Å². The smallest absolute Gasteiger partial charge is 0.257 e. The Morgan fingerprint density at radius 2 is 1.97 bits per heavy atom. The van der Waals surface area contributed by atoms with E-state index < -0.39 is 5.82 Å². The van der Waals surface area contributed by atoms with E-state index in [9.17, 15) is 9.18 Å². The van der Waals surface area contributed by atoms with Gasteiger partial charge in [0.2, 0.25) is 5.95 Å². The van der Waals surface area contributed by atoms with Gasteiger partial charge in [0.25, 0.3) is 5.91 Å². The van der Waals surface area contributed by atoms with Crippen molar-refractivity contribution in [3.63, 3.8) is 0 Å². The van der Waals surface area contributed by atoms with Crippen molar-refractivity contribution in [1.29, 1.82) is 0 Å². The highest BCUT2D eigenvalue weighted by atomic mass is 35.5. The summed E-state index contributed by atoms with van der Waals surface area (Å²) in [7, 11) is 7.38. The lowest BCUT2D eigenvalue weighted by molar-refractivity contribution is 0.102. The van der Waals surface area contributed by atoms with Crippen LogP contribution in [-0.2, 0) is 7.05 Å². The third-order valence-electron chi connectivity index (χ3n) is 4.34. The molecule has 2 aromatic heterocycles. The first kappa shape index (κ1) is 19.0. The number of fused-ring (bicyclic) bond motifs is 1. The maximum atomic E-state index is 14.1. The minimum Gasteiger partial charge on any atom is -0.322 e. The number of carbonyl (C=O) groups is 1. The number of pyridine rings is 1. The molecule has 2 heterocycles. The van der Waals surface area contributed by atoms with Crippen LogP contribution in [0.4, 0.5) is 21.7 Å². The van der Waals surface area contributed by atoms with E-state index in [1.54, 1.807) is 48.0 Å². The molecule has 0 spiro atoms. The van der Waals surface area contributed by atoms with Crippen molar-refractivity contribution in [3.05, 3.63) is 71.1 Å². The number of nitrogens with zero attached hydrogens (tertiary/aromatic N) is 3. The molecule has 4 rings (SSSR count). The van der Waals surface area contributed by atoms with Crippen LogP contribution < -0.4 is 16.1 Å². The van der Waals surface area contributed by atoms with E-state index in [1.165, 1.54) is 18.3 Å². The standard InChI is InChI=1S/C20H14BClFN5O/c1-28-18-16(26-20(28)27-17-14(22)3-2-4-15(17)23)9-11(10-24-18)19(29)25-13-7-5-12(21)6-8-13/h2-10H,1H3,(H,25,29)(H,26,27). The average Bonchev–Trinajstić information content (AvgIpc) is 3.01. The molecule has 0 atom stereocenters. The number of aryl methyl sites for hydroxylation is 1. The minimum atomic E-state index is -0.499. The van der Waals surface area contributed by atoms with Gasteiger partial charge in [0.15, 0.2) is 5.65 Å². The molecule has 2 N–H and O–H groups in total. The van der Waals surface area contributed by atoms with E-state index in [-0.39, 0.29) is 16.6 Å². The molecule has 2 aromatic carbocycles. The number of rotatable bonds is 4. The van der Waals surface area contributed by atoms with Crippen molar-refractivity contribution in [3.8, 4) is 0 Å². The fraction of sp³-hybridized carbons (Fsp3) is 0.0500. The predicted octanol–water partition coefficient (Wildman–Crippen LogP) is 3.55. The van der Waals surface area contributed by atoms with Crippen LogP contribution in [0, 0.1) is 5.82 Å². The Labute approximate surface area is 172 Å². The van der Waals surface area contributed by atoms with Gasteiger partial charge in [-0.25, -0.2) is 14.4 Å². The van der Waals surface area contributed by atoms with Crippen molar-refractivity contribution in [1.82, 2.24) is 14.5 Å². The molecule has 4 aromatic rings. The van der Waals surface area contributed by atoms with Crippen molar-refractivity contribution in [2.45, 2.75) is 0 Å². The van der Waals surface area contributed by atoms with Crippen LogP contribution in [0.3, 0.4) is 0 Å². The van der Waals surface area contributed by atoms with Crippen LogP contribution in [0.1, 0.15) is 10.4 Å². The number of carbonyl (C=O) groups excluding carboxylic acids is 1. The molecule has 0 bridgehead atoms. The van der Waals surface area contributed by atoms with Gasteiger partial charge in [-0.2, -0.15) is 0 Å². The van der Waals surface area contributed by atoms with Gasteiger partial charge in [-0.15, -0.1) is 0 Å². The van der Waals surface area contributed by atoms with Crippen LogP contribution in [0.5, 0.6) is 0 Å². The Hall–Kier alpha value is -3.39. The second-order valence-corrected chi connectivity index (χ2v) is 6.77. The van der Waals surface area contributed by atoms with Crippen molar-refractivity contribution >= 4 is 59.3 Å². The van der Waals surface area contributed by atoms with E-state index in [2.05, 4.69) is 20.6 Å². The fourth-order valence-electron chi connectivity index (χ4n) is 2.81. The van der Waals surface area contributed by atoms with E-state index in [0.717, 1.165) is 0 Å². The number of anilines is 3. The van der Waals surface area contributed by atoms with Gasteiger partial charge in [-0.05, 0) is 30.3 Å². The van der Waals surface area contributed by atoms with Crippen LogP contribution in [0.2, 0.25) is 5.02 Å². The quantitative estimate of drug-likeness (QED) is 0.509. The number of hydrogen-bond donors (Lipinski definition) is 2. The maximum Gasteiger partial charge on any atom is 0.257 e. The first-order valence-electron chi connectivity index (χ1n) is 8.63.